The molecule has 0 aromatic heterocycles. The normalized spacial score (nSPS) is 12.5. The van der Waals surface area contributed by atoms with Crippen molar-refractivity contribution in [3.8, 4) is 11.5 Å². The molecule has 0 amide bonds. The van der Waals surface area contributed by atoms with Crippen LogP contribution in [0.15, 0.2) is 47.5 Å². The Kier molecular flexibility index (Phi) is 7.67. The third-order valence-corrected chi connectivity index (χ3v) is 4.75. The van der Waals surface area contributed by atoms with Crippen LogP contribution in [0.2, 0.25) is 0 Å². The molecule has 0 fully saturated rings. The number of aliphatic imine (C=N–C) groups is 1. The van der Waals surface area contributed by atoms with Crippen LogP contribution in [0.4, 0.5) is 5.69 Å². The summed E-state index contributed by atoms with van der Waals surface area (Å²) in [5.41, 5.74) is 2.91. The highest BCUT2D eigenvalue weighted by Crippen LogP contribution is 2.25. The lowest BCUT2D eigenvalue weighted by molar-refractivity contribution is 0.305. The molecule has 0 radical (unpaired) electrons. The van der Waals surface area contributed by atoms with Gasteiger partial charge < -0.3 is 19.6 Å². The third-order valence-electron chi connectivity index (χ3n) is 4.75. The van der Waals surface area contributed by atoms with E-state index in [1.807, 2.05) is 44.4 Å². The molecule has 2 aromatic rings. The molecule has 1 N–H and O–H groups in total. The molecule has 2 rings (SSSR count). The molecule has 0 aliphatic carbocycles. The Balaban J connectivity index is 2.14. The van der Waals surface area contributed by atoms with Crippen LogP contribution in [-0.4, -0.2) is 57.1 Å². The van der Waals surface area contributed by atoms with Gasteiger partial charge in [-0.15, -0.1) is 0 Å². The van der Waals surface area contributed by atoms with Gasteiger partial charge >= 0.3 is 0 Å². The van der Waals surface area contributed by atoms with Crippen molar-refractivity contribution >= 4 is 11.9 Å². The zero-order valence-electron chi connectivity index (χ0n) is 17.0. The fraction of sp³-hybridized carbons (Fsp3) is 0.409. The highest BCUT2D eigenvalue weighted by molar-refractivity contribution is 5.84. The molecule has 146 valence electrons. The second-order valence-electron chi connectivity index (χ2n) is 6.67. The zero-order chi connectivity index (χ0) is 19.8. The Morgan fingerprint density at radius 3 is 2.44 bits per heavy atom. The Labute approximate surface area is 162 Å². The van der Waals surface area contributed by atoms with E-state index in [0.717, 1.165) is 35.7 Å². The fourth-order valence-corrected chi connectivity index (χ4v) is 3.09. The standard InChI is InChI=1S/C22H31N3O2/c1-6-25(7-2)19-12-11-18(22(26)14-19)15-23-16-21(24(3)4)17-9-8-10-20(13-17)27-5/h8-15,21,26H,6-7,16H2,1-5H3/t21-/m0/s1. The first-order valence-corrected chi connectivity index (χ1v) is 9.38. The van der Waals surface area contributed by atoms with Gasteiger partial charge in [-0.1, -0.05) is 12.1 Å². The van der Waals surface area contributed by atoms with E-state index in [-0.39, 0.29) is 11.8 Å². The van der Waals surface area contributed by atoms with Crippen molar-refractivity contribution in [3.63, 3.8) is 0 Å². The number of anilines is 1. The van der Waals surface area contributed by atoms with E-state index in [4.69, 9.17) is 4.74 Å². The summed E-state index contributed by atoms with van der Waals surface area (Å²) in [5.74, 6) is 1.10. The van der Waals surface area contributed by atoms with Gasteiger partial charge in [0.15, 0.2) is 0 Å². The lowest BCUT2D eigenvalue weighted by atomic mass is 10.1. The second kappa shape index (κ2) is 9.97. The molecule has 0 bridgehead atoms. The van der Waals surface area contributed by atoms with E-state index < -0.39 is 0 Å². The molecule has 0 aliphatic rings. The minimum atomic E-state index is 0.133. The number of rotatable bonds is 9. The quantitative estimate of drug-likeness (QED) is 0.680. The van der Waals surface area contributed by atoms with Gasteiger partial charge in [0.1, 0.15) is 11.5 Å². The minimum absolute atomic E-state index is 0.133. The molecule has 0 unspecified atom stereocenters. The summed E-state index contributed by atoms with van der Waals surface area (Å²) in [6, 6.07) is 13.9. The SMILES string of the molecule is CCN(CC)c1ccc(C=NC[C@@H](c2cccc(OC)c2)N(C)C)c(O)c1. The molecule has 1 atom stereocenters. The number of phenols is 1. The van der Waals surface area contributed by atoms with Crippen molar-refractivity contribution in [2.75, 3.05) is 45.7 Å². The zero-order valence-corrected chi connectivity index (χ0v) is 17.0. The predicted molar refractivity (Wildman–Crippen MR) is 114 cm³/mol. The molecular weight excluding hydrogens is 338 g/mol. The van der Waals surface area contributed by atoms with Gasteiger partial charge in [-0.25, -0.2) is 0 Å². The molecule has 5 nitrogen and oxygen atoms in total. The van der Waals surface area contributed by atoms with Crippen LogP contribution in [0.3, 0.4) is 0 Å². The van der Waals surface area contributed by atoms with E-state index in [9.17, 15) is 5.11 Å². The van der Waals surface area contributed by atoms with Gasteiger partial charge in [0.25, 0.3) is 0 Å². The average Bonchev–Trinajstić information content (AvgIpc) is 2.67. The Morgan fingerprint density at radius 2 is 1.85 bits per heavy atom. The van der Waals surface area contributed by atoms with Crippen molar-refractivity contribution in [1.82, 2.24) is 4.90 Å². The summed E-state index contributed by atoms with van der Waals surface area (Å²) in [6.45, 7) is 6.63. The average molecular weight is 370 g/mol. The fourth-order valence-electron chi connectivity index (χ4n) is 3.09. The smallest absolute Gasteiger partial charge is 0.126 e. The lowest BCUT2D eigenvalue weighted by Gasteiger charge is -2.23. The van der Waals surface area contributed by atoms with Crippen molar-refractivity contribution < 1.29 is 9.84 Å². The van der Waals surface area contributed by atoms with Crippen LogP contribution in [0.5, 0.6) is 11.5 Å². The summed E-state index contributed by atoms with van der Waals surface area (Å²) < 4.78 is 5.33. The van der Waals surface area contributed by atoms with Gasteiger partial charge in [-0.2, -0.15) is 0 Å². The maximum Gasteiger partial charge on any atom is 0.126 e. The maximum atomic E-state index is 10.3. The number of likely N-dealkylation sites (N-methyl/N-ethyl adjacent to an activating group) is 1. The van der Waals surface area contributed by atoms with Crippen LogP contribution in [-0.2, 0) is 0 Å². The molecule has 0 saturated carbocycles. The van der Waals surface area contributed by atoms with Crippen molar-refractivity contribution in [3.05, 3.63) is 53.6 Å². The Hall–Kier alpha value is -2.53. The van der Waals surface area contributed by atoms with Gasteiger partial charge in [-0.3, -0.25) is 4.99 Å². The van der Waals surface area contributed by atoms with E-state index >= 15 is 0 Å². The molecule has 27 heavy (non-hydrogen) atoms. The highest BCUT2D eigenvalue weighted by atomic mass is 16.5. The molecular formula is C22H31N3O2. The minimum Gasteiger partial charge on any atom is -0.507 e. The van der Waals surface area contributed by atoms with E-state index in [2.05, 4.69) is 34.7 Å². The maximum absolute atomic E-state index is 10.3. The number of benzene rings is 2. The van der Waals surface area contributed by atoms with Crippen molar-refractivity contribution in [1.29, 1.82) is 0 Å². The predicted octanol–water partition coefficient (Wildman–Crippen LogP) is 3.97. The second-order valence-corrected chi connectivity index (χ2v) is 6.67. The summed E-state index contributed by atoms with van der Waals surface area (Å²) in [4.78, 5) is 8.92. The lowest BCUT2D eigenvalue weighted by Crippen LogP contribution is -2.22. The number of nitrogens with zero attached hydrogens (tertiary/aromatic N) is 3. The highest BCUT2D eigenvalue weighted by Gasteiger charge is 2.14. The van der Waals surface area contributed by atoms with Gasteiger partial charge in [0, 0.05) is 36.6 Å². The van der Waals surface area contributed by atoms with Gasteiger partial charge in [-0.05, 0) is 57.8 Å². The number of hydrogen-bond donors (Lipinski definition) is 1. The third kappa shape index (κ3) is 5.47. The van der Waals surface area contributed by atoms with Crippen LogP contribution in [0, 0.1) is 0 Å². The Bertz CT molecular complexity index is 755. The molecule has 0 spiro atoms. The summed E-state index contributed by atoms with van der Waals surface area (Å²) in [6.07, 6.45) is 1.75. The number of ether oxygens (including phenoxy) is 1. The number of methoxy groups -OCH3 is 1. The molecule has 5 heteroatoms. The topological polar surface area (TPSA) is 48.3 Å². The van der Waals surface area contributed by atoms with Crippen LogP contribution < -0.4 is 9.64 Å². The van der Waals surface area contributed by atoms with Gasteiger partial charge in [0.05, 0.1) is 19.7 Å². The number of aromatic hydroxyl groups is 1. The van der Waals surface area contributed by atoms with Gasteiger partial charge in [0.2, 0.25) is 0 Å². The Morgan fingerprint density at radius 1 is 1.11 bits per heavy atom. The number of hydrogen-bond acceptors (Lipinski definition) is 5. The summed E-state index contributed by atoms with van der Waals surface area (Å²) in [7, 11) is 5.75. The molecule has 2 aromatic carbocycles. The first-order chi connectivity index (χ1) is 13.0. The first-order valence-electron chi connectivity index (χ1n) is 9.38. The number of phenolic OH excluding ortho intramolecular Hbond substituents is 1. The molecule has 0 saturated heterocycles. The van der Waals surface area contributed by atoms with E-state index in [1.165, 1.54) is 0 Å². The monoisotopic (exact) mass is 369 g/mol. The van der Waals surface area contributed by atoms with Crippen molar-refractivity contribution in [2.45, 2.75) is 19.9 Å². The van der Waals surface area contributed by atoms with Crippen molar-refractivity contribution in [2.24, 2.45) is 4.99 Å². The van der Waals surface area contributed by atoms with Crippen LogP contribution in [0.1, 0.15) is 31.0 Å². The van der Waals surface area contributed by atoms with E-state index in [1.54, 1.807) is 19.4 Å². The molecule has 0 aliphatic heterocycles. The van der Waals surface area contributed by atoms with Crippen LogP contribution >= 0.6 is 0 Å². The van der Waals surface area contributed by atoms with Crippen LogP contribution in [0.25, 0.3) is 0 Å². The summed E-state index contributed by atoms with van der Waals surface area (Å²) in [5, 5.41) is 10.3. The largest absolute Gasteiger partial charge is 0.507 e. The first kappa shape index (κ1) is 20.8. The summed E-state index contributed by atoms with van der Waals surface area (Å²) >= 11 is 0. The van der Waals surface area contributed by atoms with E-state index in [0.29, 0.717) is 6.54 Å². The molecule has 0 heterocycles.